The molecule has 8 amide bonds. The number of rotatable bonds is 21. The molecule has 13 N–H and O–H groups in total. The molecule has 3 fully saturated rings. The Morgan fingerprint density at radius 1 is 0.841 bits per heavy atom. The number of hydrogen-bond acceptors (Lipinski definition) is 25. The van der Waals surface area contributed by atoms with E-state index in [1.807, 2.05) is 0 Å². The molecule has 0 saturated carbocycles. The van der Waals surface area contributed by atoms with E-state index in [4.69, 9.17) is 55.6 Å². The first kappa shape index (κ1) is 65.1. The second-order valence-electron chi connectivity index (χ2n) is 20.7. The lowest BCUT2D eigenvalue weighted by molar-refractivity contribution is -0.137. The van der Waals surface area contributed by atoms with Gasteiger partial charge in [0, 0.05) is 37.3 Å². The van der Waals surface area contributed by atoms with Gasteiger partial charge in [-0.25, -0.2) is 34.1 Å². The molecule has 12 atom stereocenters. The topological polar surface area (TPSA) is 484 Å². The van der Waals surface area contributed by atoms with Gasteiger partial charge >= 0.3 is 25.6 Å². The molecule has 35 nitrogen and oxygen atoms in total. The summed E-state index contributed by atoms with van der Waals surface area (Å²) in [4.78, 5) is 137. The number of nitrogen functional groups attached to an aromatic ring is 1. The summed E-state index contributed by atoms with van der Waals surface area (Å²) in [5.41, 5.74) is 10.8. The third kappa shape index (κ3) is 15.7. The van der Waals surface area contributed by atoms with Crippen LogP contribution in [0, 0.1) is 5.92 Å². The van der Waals surface area contributed by atoms with Crippen LogP contribution in [-0.2, 0) is 79.3 Å². The summed E-state index contributed by atoms with van der Waals surface area (Å²) in [5, 5.41) is 36.2. The van der Waals surface area contributed by atoms with E-state index in [0.717, 1.165) is 17.6 Å². The van der Waals surface area contributed by atoms with Crippen molar-refractivity contribution in [3.8, 4) is 0 Å². The van der Waals surface area contributed by atoms with Crippen molar-refractivity contribution in [3.63, 3.8) is 0 Å². The Balaban J connectivity index is 0.797. The van der Waals surface area contributed by atoms with Crippen LogP contribution in [0.3, 0.4) is 0 Å². The highest BCUT2D eigenvalue weighted by molar-refractivity contribution is 8.44. The zero-order valence-corrected chi connectivity index (χ0v) is 50.2. The molecule has 4 aliphatic rings. The van der Waals surface area contributed by atoms with Crippen molar-refractivity contribution in [2.75, 3.05) is 42.7 Å². The lowest BCUT2D eigenvalue weighted by Crippen LogP contribution is -2.54. The zero-order chi connectivity index (χ0) is 63.2. The fraction of sp³-hybridized carbons (Fsp3) is 0.490. The smallest absolute Gasteiger partial charge is 0.413 e. The third-order valence-corrected chi connectivity index (χ3v) is 17.3. The average molecular weight is 1310 g/mol. The van der Waals surface area contributed by atoms with Gasteiger partial charge in [-0.2, -0.15) is 4.98 Å². The first-order valence-corrected chi connectivity index (χ1v) is 32.5. The highest BCUT2D eigenvalue weighted by Crippen LogP contribution is 2.58. The van der Waals surface area contributed by atoms with E-state index in [-0.39, 0.29) is 84.9 Å². The van der Waals surface area contributed by atoms with Crippen molar-refractivity contribution in [3.05, 3.63) is 71.3 Å². The zero-order valence-electron chi connectivity index (χ0n) is 46.7. The molecular weight excluding hydrogens is 1240 g/mol. The normalized spacial score (nSPS) is 26.2. The molecule has 0 radical (unpaired) electrons. The third-order valence-electron chi connectivity index (χ3n) is 14.2. The second kappa shape index (κ2) is 28.0. The molecule has 88 heavy (non-hydrogen) atoms. The molecule has 6 unspecified atom stereocenters. The predicted molar refractivity (Wildman–Crippen MR) is 311 cm³/mol. The van der Waals surface area contributed by atoms with Crippen LogP contribution < -0.4 is 43.6 Å². The average Bonchev–Trinajstić information content (AvgIpc) is 1.69. The van der Waals surface area contributed by atoms with E-state index in [2.05, 4.69) is 68.7 Å². The number of nitrogens with two attached hydrogens (primary N) is 2. The van der Waals surface area contributed by atoms with E-state index >= 15 is 0 Å². The molecule has 9 rings (SSSR count). The van der Waals surface area contributed by atoms with E-state index < -0.39 is 129 Å². The molecule has 39 heteroatoms. The maximum absolute atomic E-state index is 14.0. The number of thiol groups is 1. The standard InChI is InChI=1S/C49H62N16O19P2S2/c1-23(2)32(59-29(66)8-4-3-5-16-63-30(67)13-14-31(63)68)43(72)58-26(7-6-15-52-48(51)74)42(71)57-25-11-9-24(10-12-25)17-78-49(75)60-39-33-40(54-20-53-39)64(21-55-33)46-38-35(69)27(81-46)18-79-85(76,87)83-37-28(19-80-86(77,88)84-38)82-45(36(37)70)65-22-56-34-41(65)61-47(50)62-44(34)73/h9-14,20-23,26-28,32,35-38,45-46,69-70H,3-8,15-19H2,1-2H3,(H,57,71)(H,58,72)(H,59,66)(H,76,87)(H,77,88)(H3,51,52,74)(H3,50,61,62,73)(H,53,54,60,75)/t26-,27+,28+,32-,35?,36?,37?,38?,45+,46+,85?,86?/m0/s1. The molecule has 0 aliphatic carbocycles. The SMILES string of the molecule is CC(C)[C@H](NC(=O)CCCCCN1C(=O)C=CC1=O)C(=O)N[C@@H](CCCNC(N)=O)C(=O)Nc1ccc(COC(=O)Nc2ncnc3c2ncn3[C@@H]2O[C@@H]3COP(O)(=S)OC4C(O)[C@H](n5cnc6c(=O)[nH]c(N)nc65)O[C@@H]4COP(=O)(S)OC2C3O)cc1. The number of amides is 8. The number of nitrogens with one attached hydrogen (secondary N) is 6. The maximum atomic E-state index is 14.0. The molecule has 1 aromatic carbocycles. The van der Waals surface area contributed by atoms with Gasteiger partial charge in [-0.05, 0) is 61.1 Å². The number of unbranched alkanes of at least 4 members (excludes halogenated alkanes) is 2. The first-order valence-electron chi connectivity index (χ1n) is 27.2. The minimum atomic E-state index is -4.56. The van der Waals surface area contributed by atoms with Gasteiger partial charge in [0.05, 0.1) is 25.9 Å². The van der Waals surface area contributed by atoms with Crippen molar-refractivity contribution in [1.82, 2.24) is 59.9 Å². The van der Waals surface area contributed by atoms with Crippen LogP contribution in [0.5, 0.6) is 0 Å². The Bertz CT molecular complexity index is 3630. The van der Waals surface area contributed by atoms with Crippen LogP contribution in [-0.4, -0.2) is 176 Å². The Morgan fingerprint density at radius 2 is 1.53 bits per heavy atom. The number of aliphatic hydroxyl groups is 2. The van der Waals surface area contributed by atoms with Gasteiger partial charge in [0.1, 0.15) is 61.6 Å². The first-order chi connectivity index (χ1) is 41.8. The summed E-state index contributed by atoms with van der Waals surface area (Å²) in [7, 11) is 0. The molecule has 0 spiro atoms. The number of imidazole rings is 2. The summed E-state index contributed by atoms with van der Waals surface area (Å²) in [6, 6.07) is 3.25. The molecule has 4 aliphatic heterocycles. The number of aromatic amines is 1. The molecule has 3 saturated heterocycles. The largest absolute Gasteiger partial charge is 0.444 e. The minimum absolute atomic E-state index is 0.00329. The Kier molecular flexibility index (Phi) is 20.7. The number of primary amides is 1. The van der Waals surface area contributed by atoms with Crippen molar-refractivity contribution < 1.29 is 85.5 Å². The number of carbonyl (C=O) groups is 7. The predicted octanol–water partition coefficient (Wildman–Crippen LogP) is 0.377. The highest BCUT2D eigenvalue weighted by atomic mass is 32.7. The number of urea groups is 1. The maximum Gasteiger partial charge on any atom is 0.413 e. The summed E-state index contributed by atoms with van der Waals surface area (Å²) in [5.74, 6) is -3.21. The Labute approximate surface area is 508 Å². The lowest BCUT2D eigenvalue weighted by atomic mass is 10.0. The number of aromatic nitrogens is 8. The fourth-order valence-electron chi connectivity index (χ4n) is 9.78. The van der Waals surface area contributed by atoms with Crippen LogP contribution in [0.4, 0.5) is 27.0 Å². The van der Waals surface area contributed by atoms with E-state index in [0.29, 0.717) is 30.5 Å². The molecule has 8 heterocycles. The summed E-state index contributed by atoms with van der Waals surface area (Å²) < 4.78 is 56.9. The molecule has 2 bridgehead atoms. The summed E-state index contributed by atoms with van der Waals surface area (Å²) >= 11 is 9.46. The van der Waals surface area contributed by atoms with Crippen LogP contribution in [0.15, 0.2) is 60.2 Å². The number of ether oxygens (including phenoxy) is 3. The van der Waals surface area contributed by atoms with Gasteiger partial charge in [0.2, 0.25) is 23.7 Å². The number of hydrogen-bond donors (Lipinski definition) is 12. The monoisotopic (exact) mass is 1300 g/mol. The number of aliphatic hydroxyl groups excluding tert-OH is 2. The van der Waals surface area contributed by atoms with Gasteiger partial charge < -0.3 is 66.6 Å². The van der Waals surface area contributed by atoms with Crippen molar-refractivity contribution in [2.24, 2.45) is 11.7 Å². The van der Waals surface area contributed by atoms with E-state index in [1.54, 1.807) is 26.0 Å². The Morgan fingerprint density at radius 3 is 2.25 bits per heavy atom. The van der Waals surface area contributed by atoms with E-state index in [9.17, 15) is 58.0 Å². The van der Waals surface area contributed by atoms with E-state index in [1.165, 1.54) is 39.7 Å². The number of fused-ring (bicyclic) bond motifs is 5. The van der Waals surface area contributed by atoms with Gasteiger partial charge in [0.15, 0.2) is 40.6 Å². The number of anilines is 3. The van der Waals surface area contributed by atoms with Crippen LogP contribution >= 0.6 is 25.8 Å². The number of H-pyrrole nitrogens is 1. The van der Waals surface area contributed by atoms with Crippen molar-refractivity contribution in [1.29, 1.82) is 0 Å². The number of nitrogens with zero attached hydrogens (tertiary/aromatic N) is 8. The molecule has 4 aromatic heterocycles. The molecular formula is C49H62N16O19P2S2. The quantitative estimate of drug-likeness (QED) is 0.0204. The Hall–Kier alpha value is -7.38. The van der Waals surface area contributed by atoms with Gasteiger partial charge in [-0.3, -0.25) is 66.7 Å². The number of imide groups is 1. The van der Waals surface area contributed by atoms with Gasteiger partial charge in [-0.15, -0.1) is 0 Å². The van der Waals surface area contributed by atoms with Crippen LogP contribution in [0.2, 0.25) is 0 Å². The minimum Gasteiger partial charge on any atom is -0.444 e. The van der Waals surface area contributed by atoms with Gasteiger partial charge in [-0.1, -0.05) is 44.6 Å². The summed E-state index contributed by atoms with van der Waals surface area (Å²) in [6.07, 6.45) is -5.43. The fourth-order valence-corrected chi connectivity index (χ4v) is 12.7. The van der Waals surface area contributed by atoms with Gasteiger partial charge in [0.25, 0.3) is 17.4 Å². The van der Waals surface area contributed by atoms with Crippen LogP contribution in [0.25, 0.3) is 22.3 Å². The number of benzene rings is 1. The van der Waals surface area contributed by atoms with Crippen molar-refractivity contribution >= 4 is 119 Å². The number of carbonyl (C=O) groups excluding carboxylic acids is 7. The molecule has 474 valence electrons. The second-order valence-corrected chi connectivity index (χ2v) is 26.4. The molecule has 5 aromatic rings. The van der Waals surface area contributed by atoms with Crippen molar-refractivity contribution in [2.45, 2.75) is 120 Å². The summed E-state index contributed by atoms with van der Waals surface area (Å²) in [6.45, 7) is -6.78. The highest BCUT2D eigenvalue weighted by Gasteiger charge is 2.53. The lowest BCUT2D eigenvalue weighted by Gasteiger charge is -2.27. The van der Waals surface area contributed by atoms with Crippen LogP contribution in [0.1, 0.15) is 70.4 Å².